The van der Waals surface area contributed by atoms with Gasteiger partial charge in [-0.3, -0.25) is 14.6 Å². The van der Waals surface area contributed by atoms with E-state index in [1.54, 1.807) is 17.3 Å². The molecule has 1 aliphatic heterocycles. The molecule has 2 heterocycles. The molecule has 0 aliphatic carbocycles. The highest BCUT2D eigenvalue weighted by Crippen LogP contribution is 2.18. The lowest BCUT2D eigenvalue weighted by Crippen LogP contribution is -2.45. The van der Waals surface area contributed by atoms with Crippen LogP contribution >= 0.6 is 0 Å². The van der Waals surface area contributed by atoms with Gasteiger partial charge in [-0.1, -0.05) is 12.5 Å². The molecule has 0 bridgehead atoms. The maximum absolute atomic E-state index is 12.3. The highest BCUT2D eigenvalue weighted by atomic mass is 16.2. The summed E-state index contributed by atoms with van der Waals surface area (Å²) in [6.45, 7) is 1.08. The molecule has 0 saturated carbocycles. The largest absolute Gasteiger partial charge is 0.352 e. The Morgan fingerprint density at radius 2 is 2.32 bits per heavy atom. The molecule has 1 aromatic heterocycles. The number of nitrogens with zero attached hydrogens (tertiary/aromatic N) is 3. The fourth-order valence-corrected chi connectivity index (χ4v) is 2.94. The first-order chi connectivity index (χ1) is 12.1. The summed E-state index contributed by atoms with van der Waals surface area (Å²) in [6, 6.07) is 4.96. The number of nitriles is 1. The minimum Gasteiger partial charge on any atom is -0.352 e. The summed E-state index contributed by atoms with van der Waals surface area (Å²) in [7, 11) is 0. The van der Waals surface area contributed by atoms with Crippen LogP contribution in [-0.2, 0) is 16.1 Å². The molecule has 1 fully saturated rings. The first kappa shape index (κ1) is 18.9. The van der Waals surface area contributed by atoms with Crippen molar-refractivity contribution in [1.29, 1.82) is 5.26 Å². The van der Waals surface area contributed by atoms with Crippen LogP contribution in [0.2, 0.25) is 0 Å². The van der Waals surface area contributed by atoms with E-state index >= 15 is 0 Å². The van der Waals surface area contributed by atoms with Crippen molar-refractivity contribution in [2.75, 3.05) is 6.54 Å². The molecular formula is C18H25N5O2. The molecule has 0 spiro atoms. The van der Waals surface area contributed by atoms with Gasteiger partial charge in [0.25, 0.3) is 0 Å². The Morgan fingerprint density at radius 1 is 1.48 bits per heavy atom. The average molecular weight is 343 g/mol. The number of rotatable bonds is 8. The Hall–Kier alpha value is -2.46. The summed E-state index contributed by atoms with van der Waals surface area (Å²) in [6.07, 6.45) is 7.32. The molecule has 0 unspecified atom stereocenters. The van der Waals surface area contributed by atoms with Crippen LogP contribution in [0.25, 0.3) is 0 Å². The third kappa shape index (κ3) is 5.84. The van der Waals surface area contributed by atoms with E-state index in [2.05, 4.69) is 16.4 Å². The van der Waals surface area contributed by atoms with Crippen molar-refractivity contribution in [2.45, 2.75) is 57.2 Å². The van der Waals surface area contributed by atoms with Crippen molar-refractivity contribution in [2.24, 2.45) is 5.73 Å². The van der Waals surface area contributed by atoms with E-state index in [0.29, 0.717) is 38.8 Å². The number of pyridine rings is 1. The Kier molecular flexibility index (Phi) is 7.36. The molecule has 1 aliphatic rings. The number of hydrogen-bond acceptors (Lipinski definition) is 5. The highest BCUT2D eigenvalue weighted by Gasteiger charge is 2.31. The topological polar surface area (TPSA) is 112 Å². The van der Waals surface area contributed by atoms with E-state index < -0.39 is 6.04 Å². The zero-order valence-corrected chi connectivity index (χ0v) is 14.4. The van der Waals surface area contributed by atoms with Crippen molar-refractivity contribution < 1.29 is 9.59 Å². The first-order valence-corrected chi connectivity index (χ1v) is 8.73. The van der Waals surface area contributed by atoms with Gasteiger partial charge in [0.1, 0.15) is 6.04 Å². The molecule has 1 aromatic rings. The van der Waals surface area contributed by atoms with Crippen LogP contribution in [0.15, 0.2) is 24.5 Å². The minimum atomic E-state index is -0.590. The lowest BCUT2D eigenvalue weighted by molar-refractivity contribution is -0.132. The van der Waals surface area contributed by atoms with E-state index in [4.69, 9.17) is 11.0 Å². The van der Waals surface area contributed by atoms with Gasteiger partial charge in [0.15, 0.2) is 0 Å². The summed E-state index contributed by atoms with van der Waals surface area (Å²) < 4.78 is 0. The maximum atomic E-state index is 12.3. The smallest absolute Gasteiger partial charge is 0.240 e. The molecule has 0 aromatic carbocycles. The van der Waals surface area contributed by atoms with E-state index in [9.17, 15) is 9.59 Å². The Balaban J connectivity index is 1.61. The number of carbonyl (C=O) groups is 2. The first-order valence-electron chi connectivity index (χ1n) is 8.73. The molecule has 2 amide bonds. The zero-order chi connectivity index (χ0) is 18.1. The van der Waals surface area contributed by atoms with Gasteiger partial charge >= 0.3 is 0 Å². The molecule has 1 saturated heterocycles. The summed E-state index contributed by atoms with van der Waals surface area (Å²) in [4.78, 5) is 29.7. The van der Waals surface area contributed by atoms with Crippen LogP contribution in [0.5, 0.6) is 0 Å². The van der Waals surface area contributed by atoms with Gasteiger partial charge in [0.2, 0.25) is 11.8 Å². The summed E-state index contributed by atoms with van der Waals surface area (Å²) in [5, 5.41) is 11.9. The highest BCUT2D eigenvalue weighted by molar-refractivity contribution is 5.82. The van der Waals surface area contributed by atoms with E-state index in [-0.39, 0.29) is 17.9 Å². The van der Waals surface area contributed by atoms with Gasteiger partial charge in [0, 0.05) is 31.9 Å². The van der Waals surface area contributed by atoms with Crippen molar-refractivity contribution in [1.82, 2.24) is 15.2 Å². The number of amides is 2. The Labute approximate surface area is 148 Å². The molecule has 0 radical (unpaired) electrons. The standard InChI is InChI=1S/C18H25N5O2/c19-11-15-6-4-10-23(15)18(25)16(20)7-1-2-8-17(24)22-13-14-5-3-9-21-12-14/h3,5,9,12,15-16H,1-2,4,6-8,10,13,20H2,(H,22,24)/t15-,16-/m0/s1. The van der Waals surface area contributed by atoms with Gasteiger partial charge in [-0.05, 0) is 37.3 Å². The zero-order valence-electron chi connectivity index (χ0n) is 14.4. The third-order valence-electron chi connectivity index (χ3n) is 4.38. The Bertz CT molecular complexity index is 614. The Morgan fingerprint density at radius 3 is 3.04 bits per heavy atom. The van der Waals surface area contributed by atoms with E-state index in [0.717, 1.165) is 18.4 Å². The fraction of sp³-hybridized carbons (Fsp3) is 0.556. The van der Waals surface area contributed by atoms with Crippen molar-refractivity contribution >= 4 is 11.8 Å². The third-order valence-corrected chi connectivity index (χ3v) is 4.38. The minimum absolute atomic E-state index is 0.0205. The van der Waals surface area contributed by atoms with Gasteiger partial charge < -0.3 is 16.0 Å². The maximum Gasteiger partial charge on any atom is 0.240 e. The van der Waals surface area contributed by atoms with Crippen LogP contribution in [0.3, 0.4) is 0 Å². The molecule has 7 heteroatoms. The van der Waals surface area contributed by atoms with Gasteiger partial charge in [-0.2, -0.15) is 5.26 Å². The number of nitrogens with one attached hydrogen (secondary N) is 1. The predicted octanol–water partition coefficient (Wildman–Crippen LogP) is 1.10. The SMILES string of the molecule is N#C[C@@H]1CCCN1C(=O)[C@@H](N)CCCCC(=O)NCc1cccnc1. The second-order valence-electron chi connectivity index (χ2n) is 6.31. The molecular weight excluding hydrogens is 318 g/mol. The van der Waals surface area contributed by atoms with Crippen LogP contribution in [-0.4, -0.2) is 40.3 Å². The predicted molar refractivity (Wildman–Crippen MR) is 92.9 cm³/mol. The van der Waals surface area contributed by atoms with Gasteiger partial charge in [-0.15, -0.1) is 0 Å². The van der Waals surface area contributed by atoms with E-state index in [1.807, 2.05) is 12.1 Å². The normalized spacial score (nSPS) is 17.8. The number of aromatic nitrogens is 1. The van der Waals surface area contributed by atoms with Crippen LogP contribution < -0.4 is 11.1 Å². The second kappa shape index (κ2) is 9.74. The molecule has 2 atom stereocenters. The average Bonchev–Trinajstić information content (AvgIpc) is 3.12. The fourth-order valence-electron chi connectivity index (χ4n) is 2.94. The summed E-state index contributed by atoms with van der Waals surface area (Å²) >= 11 is 0. The number of unbranched alkanes of at least 4 members (excludes halogenated alkanes) is 1. The van der Waals surface area contributed by atoms with Crippen LogP contribution in [0, 0.1) is 11.3 Å². The number of nitrogens with two attached hydrogens (primary N) is 1. The molecule has 2 rings (SSSR count). The van der Waals surface area contributed by atoms with Crippen molar-refractivity contribution in [3.63, 3.8) is 0 Å². The molecule has 134 valence electrons. The van der Waals surface area contributed by atoms with Crippen LogP contribution in [0.1, 0.15) is 44.1 Å². The van der Waals surface area contributed by atoms with Gasteiger partial charge in [-0.25, -0.2) is 0 Å². The van der Waals surface area contributed by atoms with Crippen molar-refractivity contribution in [3.8, 4) is 6.07 Å². The van der Waals surface area contributed by atoms with E-state index in [1.165, 1.54) is 0 Å². The second-order valence-corrected chi connectivity index (χ2v) is 6.31. The summed E-state index contributed by atoms with van der Waals surface area (Å²) in [5.74, 6) is -0.169. The number of hydrogen-bond donors (Lipinski definition) is 2. The monoisotopic (exact) mass is 343 g/mol. The van der Waals surface area contributed by atoms with Crippen molar-refractivity contribution in [3.05, 3.63) is 30.1 Å². The molecule has 3 N–H and O–H groups in total. The number of likely N-dealkylation sites (tertiary alicyclic amines) is 1. The van der Waals surface area contributed by atoms with Crippen LogP contribution in [0.4, 0.5) is 0 Å². The lowest BCUT2D eigenvalue weighted by atomic mass is 10.1. The summed E-state index contributed by atoms with van der Waals surface area (Å²) in [5.41, 5.74) is 6.92. The van der Waals surface area contributed by atoms with Gasteiger partial charge in [0.05, 0.1) is 12.1 Å². The lowest BCUT2D eigenvalue weighted by Gasteiger charge is -2.23. The quantitative estimate of drug-likeness (QED) is 0.686. The molecule has 25 heavy (non-hydrogen) atoms. The number of carbonyl (C=O) groups excluding carboxylic acids is 2. The molecule has 7 nitrogen and oxygen atoms in total.